The summed E-state index contributed by atoms with van der Waals surface area (Å²) in [6, 6.07) is 4.90. The fourth-order valence-electron chi connectivity index (χ4n) is 2.26. The topological polar surface area (TPSA) is 76.7 Å². The Balaban J connectivity index is 1.86. The van der Waals surface area contributed by atoms with Crippen LogP contribution in [0.25, 0.3) is 0 Å². The van der Waals surface area contributed by atoms with Crippen molar-refractivity contribution in [2.45, 2.75) is 18.9 Å². The standard InChI is InChI=1S/C12H12FN5/c13-8-3-1-7-2-4-10(9(7)5-8)17-12-16-6-15-11(14)18-12/h1,3,5-6,10H,2,4H2,(H3,14,15,16,17,18). The van der Waals surface area contributed by atoms with Gasteiger partial charge in [0, 0.05) is 0 Å². The Morgan fingerprint density at radius 3 is 3.06 bits per heavy atom. The zero-order chi connectivity index (χ0) is 12.5. The normalized spacial score (nSPS) is 17.5. The van der Waals surface area contributed by atoms with Crippen LogP contribution in [0, 0.1) is 5.82 Å². The SMILES string of the molecule is Nc1ncnc(NC2CCc3ccc(F)cc32)n1. The van der Waals surface area contributed by atoms with Crippen LogP contribution in [0.1, 0.15) is 23.6 Å². The molecule has 1 aromatic carbocycles. The summed E-state index contributed by atoms with van der Waals surface area (Å²) in [4.78, 5) is 11.7. The first-order valence-corrected chi connectivity index (χ1v) is 5.72. The van der Waals surface area contributed by atoms with Gasteiger partial charge in [0.2, 0.25) is 11.9 Å². The van der Waals surface area contributed by atoms with Gasteiger partial charge < -0.3 is 11.1 Å². The maximum atomic E-state index is 13.2. The van der Waals surface area contributed by atoms with Crippen molar-refractivity contribution in [1.82, 2.24) is 15.0 Å². The first-order chi connectivity index (χ1) is 8.72. The van der Waals surface area contributed by atoms with E-state index >= 15 is 0 Å². The van der Waals surface area contributed by atoms with Crippen LogP contribution in [0.2, 0.25) is 0 Å². The van der Waals surface area contributed by atoms with Crippen LogP contribution in [0.15, 0.2) is 24.5 Å². The summed E-state index contributed by atoms with van der Waals surface area (Å²) in [6.45, 7) is 0. The number of rotatable bonds is 2. The van der Waals surface area contributed by atoms with Gasteiger partial charge in [-0.05, 0) is 36.1 Å². The second-order valence-electron chi connectivity index (χ2n) is 4.25. The molecule has 3 rings (SSSR count). The van der Waals surface area contributed by atoms with Crippen molar-refractivity contribution < 1.29 is 4.39 Å². The molecule has 1 unspecified atom stereocenters. The Morgan fingerprint density at radius 1 is 1.33 bits per heavy atom. The molecule has 0 spiro atoms. The number of nitrogens with zero attached hydrogens (tertiary/aromatic N) is 3. The Hall–Kier alpha value is -2.24. The van der Waals surface area contributed by atoms with Crippen molar-refractivity contribution in [3.05, 3.63) is 41.5 Å². The smallest absolute Gasteiger partial charge is 0.227 e. The van der Waals surface area contributed by atoms with E-state index in [2.05, 4.69) is 20.3 Å². The molecule has 2 aromatic rings. The Bertz CT molecular complexity index is 586. The highest BCUT2D eigenvalue weighted by Gasteiger charge is 2.23. The lowest BCUT2D eigenvalue weighted by atomic mass is 10.1. The van der Waals surface area contributed by atoms with Gasteiger partial charge in [-0.25, -0.2) is 14.4 Å². The molecular weight excluding hydrogens is 233 g/mol. The second-order valence-corrected chi connectivity index (χ2v) is 4.25. The van der Waals surface area contributed by atoms with Gasteiger partial charge in [-0.1, -0.05) is 6.07 Å². The molecular formula is C12H12FN5. The van der Waals surface area contributed by atoms with E-state index in [1.807, 2.05) is 6.07 Å². The number of halogens is 1. The molecule has 18 heavy (non-hydrogen) atoms. The Kier molecular flexibility index (Phi) is 2.55. The highest BCUT2D eigenvalue weighted by molar-refractivity contribution is 5.41. The first kappa shape index (κ1) is 10.9. The van der Waals surface area contributed by atoms with E-state index in [4.69, 9.17) is 5.73 Å². The Morgan fingerprint density at radius 2 is 2.22 bits per heavy atom. The van der Waals surface area contributed by atoms with E-state index in [1.165, 1.54) is 12.4 Å². The number of nitrogens with one attached hydrogen (secondary N) is 1. The van der Waals surface area contributed by atoms with Crippen molar-refractivity contribution in [3.63, 3.8) is 0 Å². The number of anilines is 2. The van der Waals surface area contributed by atoms with Crippen LogP contribution in [0.4, 0.5) is 16.3 Å². The van der Waals surface area contributed by atoms with Gasteiger partial charge in [-0.2, -0.15) is 4.98 Å². The molecule has 0 fully saturated rings. The largest absolute Gasteiger partial charge is 0.368 e. The van der Waals surface area contributed by atoms with Crippen LogP contribution >= 0.6 is 0 Å². The molecule has 1 heterocycles. The zero-order valence-corrected chi connectivity index (χ0v) is 9.60. The number of hydrogen-bond acceptors (Lipinski definition) is 5. The van der Waals surface area contributed by atoms with Crippen LogP contribution in [0.5, 0.6) is 0 Å². The summed E-state index contributed by atoms with van der Waals surface area (Å²) >= 11 is 0. The van der Waals surface area contributed by atoms with E-state index in [9.17, 15) is 4.39 Å². The molecule has 0 saturated heterocycles. The molecule has 6 heteroatoms. The third-order valence-electron chi connectivity index (χ3n) is 3.08. The first-order valence-electron chi connectivity index (χ1n) is 5.72. The molecule has 1 atom stereocenters. The minimum atomic E-state index is -0.224. The fourth-order valence-corrected chi connectivity index (χ4v) is 2.26. The number of hydrogen-bond donors (Lipinski definition) is 2. The van der Waals surface area contributed by atoms with Gasteiger partial charge >= 0.3 is 0 Å². The maximum absolute atomic E-state index is 13.2. The van der Waals surface area contributed by atoms with Crippen LogP contribution < -0.4 is 11.1 Å². The predicted octanol–water partition coefficient (Wildman–Crippen LogP) is 1.69. The minimum absolute atomic E-state index is 0.0255. The lowest BCUT2D eigenvalue weighted by Gasteiger charge is -2.13. The highest BCUT2D eigenvalue weighted by Crippen LogP contribution is 2.33. The summed E-state index contributed by atoms with van der Waals surface area (Å²) in [5.41, 5.74) is 7.62. The molecule has 92 valence electrons. The molecule has 3 N–H and O–H groups in total. The molecule has 0 radical (unpaired) electrons. The maximum Gasteiger partial charge on any atom is 0.227 e. The molecule has 0 aliphatic heterocycles. The van der Waals surface area contributed by atoms with Gasteiger partial charge in [-0.3, -0.25) is 0 Å². The third-order valence-corrected chi connectivity index (χ3v) is 3.08. The van der Waals surface area contributed by atoms with E-state index in [1.54, 1.807) is 6.07 Å². The summed E-state index contributed by atoms with van der Waals surface area (Å²) < 4.78 is 13.2. The van der Waals surface area contributed by atoms with E-state index in [-0.39, 0.29) is 17.8 Å². The van der Waals surface area contributed by atoms with E-state index < -0.39 is 0 Å². The van der Waals surface area contributed by atoms with E-state index in [0.717, 1.165) is 24.0 Å². The summed E-state index contributed by atoms with van der Waals surface area (Å²) in [6.07, 6.45) is 3.17. The van der Waals surface area contributed by atoms with Gasteiger partial charge in [0.15, 0.2) is 0 Å². The van der Waals surface area contributed by atoms with Gasteiger partial charge in [0.05, 0.1) is 6.04 Å². The predicted molar refractivity (Wildman–Crippen MR) is 65.3 cm³/mol. The Labute approximate surface area is 103 Å². The number of fused-ring (bicyclic) bond motifs is 1. The van der Waals surface area contributed by atoms with Gasteiger partial charge in [-0.15, -0.1) is 0 Å². The molecule has 0 bridgehead atoms. The zero-order valence-electron chi connectivity index (χ0n) is 9.60. The molecule has 5 nitrogen and oxygen atoms in total. The molecule has 1 aromatic heterocycles. The number of benzene rings is 1. The number of aryl methyl sites for hydroxylation is 1. The lowest BCUT2D eigenvalue weighted by Crippen LogP contribution is -2.11. The molecule has 1 aliphatic carbocycles. The third kappa shape index (κ3) is 1.97. The minimum Gasteiger partial charge on any atom is -0.368 e. The van der Waals surface area contributed by atoms with Crippen molar-refractivity contribution in [2.75, 3.05) is 11.1 Å². The number of nitrogen functional groups attached to an aromatic ring is 1. The number of aromatic nitrogens is 3. The summed E-state index contributed by atoms with van der Waals surface area (Å²) in [5, 5.41) is 3.16. The quantitative estimate of drug-likeness (QED) is 0.842. The van der Waals surface area contributed by atoms with Crippen molar-refractivity contribution in [3.8, 4) is 0 Å². The summed E-state index contributed by atoms with van der Waals surface area (Å²) in [5.74, 6) is 0.368. The fraction of sp³-hybridized carbons (Fsp3) is 0.250. The van der Waals surface area contributed by atoms with Gasteiger partial charge in [0.25, 0.3) is 0 Å². The monoisotopic (exact) mass is 245 g/mol. The average molecular weight is 245 g/mol. The highest BCUT2D eigenvalue weighted by atomic mass is 19.1. The second kappa shape index (κ2) is 4.21. The lowest BCUT2D eigenvalue weighted by molar-refractivity contribution is 0.623. The number of nitrogens with two attached hydrogens (primary N) is 1. The molecule has 0 amide bonds. The van der Waals surface area contributed by atoms with Crippen molar-refractivity contribution >= 4 is 11.9 Å². The molecule has 0 saturated carbocycles. The molecule has 1 aliphatic rings. The van der Waals surface area contributed by atoms with E-state index in [0.29, 0.717) is 5.95 Å². The average Bonchev–Trinajstić information content (AvgIpc) is 2.72. The van der Waals surface area contributed by atoms with Crippen LogP contribution in [-0.2, 0) is 6.42 Å². The van der Waals surface area contributed by atoms with Gasteiger partial charge in [0.1, 0.15) is 12.1 Å². The van der Waals surface area contributed by atoms with Crippen LogP contribution in [-0.4, -0.2) is 15.0 Å². The summed E-state index contributed by atoms with van der Waals surface area (Å²) in [7, 11) is 0. The van der Waals surface area contributed by atoms with Crippen LogP contribution in [0.3, 0.4) is 0 Å². The van der Waals surface area contributed by atoms with Crippen molar-refractivity contribution in [1.29, 1.82) is 0 Å². The van der Waals surface area contributed by atoms with Crippen molar-refractivity contribution in [2.24, 2.45) is 0 Å².